The van der Waals surface area contributed by atoms with Crippen LogP contribution in [-0.4, -0.2) is 38.9 Å². The summed E-state index contributed by atoms with van der Waals surface area (Å²) in [5.74, 6) is -0.615. The number of rotatable bonds is 6. The van der Waals surface area contributed by atoms with E-state index >= 15 is 0 Å². The number of hydrogen-bond acceptors (Lipinski definition) is 7. The number of nitrogens with zero attached hydrogens (tertiary/aromatic N) is 4. The second-order valence-electron chi connectivity index (χ2n) is 6.94. The van der Waals surface area contributed by atoms with Gasteiger partial charge in [-0.3, -0.25) is 4.68 Å². The van der Waals surface area contributed by atoms with Gasteiger partial charge >= 0.3 is 0 Å². The molecule has 0 amide bonds. The van der Waals surface area contributed by atoms with E-state index in [9.17, 15) is 17.9 Å². The van der Waals surface area contributed by atoms with E-state index in [0.717, 1.165) is 6.20 Å². The molecule has 0 aliphatic heterocycles. The molecule has 0 spiro atoms. The van der Waals surface area contributed by atoms with Crippen molar-refractivity contribution in [2.75, 3.05) is 5.32 Å². The molecule has 12 heteroatoms. The highest BCUT2D eigenvalue weighted by molar-refractivity contribution is 7.89. The Labute approximate surface area is 171 Å². The highest BCUT2D eigenvalue weighted by atomic mass is 35.5. The Balaban J connectivity index is 1.88. The number of sulfonamides is 1. The minimum atomic E-state index is -3.89. The number of aromatic nitrogens is 4. The molecule has 0 fully saturated rings. The zero-order valence-corrected chi connectivity index (χ0v) is 17.0. The van der Waals surface area contributed by atoms with Crippen LogP contribution in [0.1, 0.15) is 13.8 Å². The van der Waals surface area contributed by atoms with Gasteiger partial charge in [-0.05, 0) is 32.0 Å². The molecule has 0 unspecified atom stereocenters. The molecule has 3 aromatic rings. The van der Waals surface area contributed by atoms with Crippen molar-refractivity contribution >= 4 is 33.3 Å². The van der Waals surface area contributed by atoms with E-state index in [1.165, 1.54) is 29.1 Å². The fourth-order valence-corrected chi connectivity index (χ4v) is 3.33. The molecule has 2 aromatic heterocycles. The molecule has 0 radical (unpaired) electrons. The zero-order valence-electron chi connectivity index (χ0n) is 15.5. The Morgan fingerprint density at radius 1 is 1.34 bits per heavy atom. The van der Waals surface area contributed by atoms with Crippen LogP contribution in [0.25, 0.3) is 11.3 Å². The number of halogens is 2. The van der Waals surface area contributed by atoms with Crippen LogP contribution in [0.15, 0.2) is 41.7 Å². The van der Waals surface area contributed by atoms with Crippen LogP contribution in [0, 0.1) is 5.82 Å². The van der Waals surface area contributed by atoms with Crippen LogP contribution >= 0.6 is 11.6 Å². The van der Waals surface area contributed by atoms with Gasteiger partial charge in [-0.1, -0.05) is 11.6 Å². The monoisotopic (exact) mass is 440 g/mol. The summed E-state index contributed by atoms with van der Waals surface area (Å²) in [5.41, 5.74) is -0.274. The summed E-state index contributed by atoms with van der Waals surface area (Å²) < 4.78 is 38.5. The van der Waals surface area contributed by atoms with Gasteiger partial charge in [0.25, 0.3) is 0 Å². The van der Waals surface area contributed by atoms with Crippen LogP contribution in [-0.2, 0) is 16.6 Å². The van der Waals surface area contributed by atoms with Gasteiger partial charge in [0.1, 0.15) is 5.69 Å². The van der Waals surface area contributed by atoms with Crippen LogP contribution in [0.4, 0.5) is 16.0 Å². The molecule has 2 heterocycles. The van der Waals surface area contributed by atoms with Gasteiger partial charge in [-0.2, -0.15) is 5.10 Å². The van der Waals surface area contributed by atoms with E-state index in [1.54, 1.807) is 20.0 Å². The predicted octanol–water partition coefficient (Wildman–Crippen LogP) is 2.29. The van der Waals surface area contributed by atoms with Crippen molar-refractivity contribution in [2.24, 2.45) is 5.14 Å². The number of anilines is 2. The van der Waals surface area contributed by atoms with Crippen molar-refractivity contribution < 1.29 is 17.9 Å². The highest BCUT2D eigenvalue weighted by Crippen LogP contribution is 2.28. The van der Waals surface area contributed by atoms with Gasteiger partial charge in [-0.25, -0.2) is 27.9 Å². The molecule has 4 N–H and O–H groups in total. The van der Waals surface area contributed by atoms with E-state index in [2.05, 4.69) is 20.4 Å². The largest absolute Gasteiger partial charge is 0.389 e. The fraction of sp³-hybridized carbons (Fsp3) is 0.235. The summed E-state index contributed by atoms with van der Waals surface area (Å²) in [6.45, 7) is 3.48. The van der Waals surface area contributed by atoms with Gasteiger partial charge < -0.3 is 10.4 Å². The Morgan fingerprint density at radius 2 is 2.07 bits per heavy atom. The summed E-state index contributed by atoms with van der Waals surface area (Å²) in [4.78, 5) is 7.87. The average molecular weight is 441 g/mol. The van der Waals surface area contributed by atoms with Gasteiger partial charge in [0, 0.05) is 11.8 Å². The minimum Gasteiger partial charge on any atom is -0.389 e. The predicted molar refractivity (Wildman–Crippen MR) is 106 cm³/mol. The molecule has 3 rings (SSSR count). The number of primary sulfonamides is 1. The topological polar surface area (TPSA) is 136 Å². The van der Waals surface area contributed by atoms with Crippen molar-refractivity contribution in [3.8, 4) is 11.3 Å². The molecule has 0 bridgehead atoms. The summed E-state index contributed by atoms with van der Waals surface area (Å²) in [6.07, 6.45) is 3.97. The first kappa shape index (κ1) is 21.1. The second kappa shape index (κ2) is 7.67. The van der Waals surface area contributed by atoms with Crippen molar-refractivity contribution in [3.05, 3.63) is 47.6 Å². The molecule has 154 valence electrons. The van der Waals surface area contributed by atoms with Gasteiger partial charge in [0.05, 0.1) is 40.1 Å². The van der Waals surface area contributed by atoms with Gasteiger partial charge in [0.15, 0.2) is 5.82 Å². The van der Waals surface area contributed by atoms with Gasteiger partial charge in [-0.15, -0.1) is 0 Å². The van der Waals surface area contributed by atoms with Crippen LogP contribution < -0.4 is 10.5 Å². The first-order valence-electron chi connectivity index (χ1n) is 8.29. The number of aliphatic hydroxyl groups is 1. The van der Waals surface area contributed by atoms with E-state index < -0.39 is 21.4 Å². The third-order valence-electron chi connectivity index (χ3n) is 3.72. The standard InChI is InChI=1S/C17H18ClFN6O3S/c1-17(2,26)9-25-8-10(6-22-25)15-13(19)7-21-16(24-15)23-14-4-3-11(5-12(14)18)29(20,27)28/h3-8,26H,9H2,1-2H3,(H2,20,27,28)(H,21,23,24). The second-order valence-corrected chi connectivity index (χ2v) is 8.91. The molecule has 0 aliphatic carbocycles. The molecular weight excluding hydrogens is 423 g/mol. The zero-order chi connectivity index (χ0) is 21.4. The lowest BCUT2D eigenvalue weighted by molar-refractivity contribution is 0.0577. The quantitative estimate of drug-likeness (QED) is 0.534. The maximum Gasteiger partial charge on any atom is 0.238 e. The molecule has 0 saturated heterocycles. The molecule has 0 saturated carbocycles. The SMILES string of the molecule is CC(C)(O)Cn1cc(-c2nc(Nc3ccc(S(N)(=O)=O)cc3Cl)ncc2F)cn1. The third-order valence-corrected chi connectivity index (χ3v) is 4.94. The maximum absolute atomic E-state index is 14.3. The first-order chi connectivity index (χ1) is 13.4. The van der Waals surface area contributed by atoms with Crippen molar-refractivity contribution in [1.29, 1.82) is 0 Å². The van der Waals surface area contributed by atoms with Crippen LogP contribution in [0.5, 0.6) is 0 Å². The van der Waals surface area contributed by atoms with E-state index in [0.29, 0.717) is 11.3 Å². The number of nitrogens with one attached hydrogen (secondary N) is 1. The van der Waals surface area contributed by atoms with E-state index in [1.807, 2.05) is 0 Å². The van der Waals surface area contributed by atoms with Crippen LogP contribution in [0.2, 0.25) is 5.02 Å². The molecule has 9 nitrogen and oxygen atoms in total. The maximum atomic E-state index is 14.3. The molecule has 1 aromatic carbocycles. The Kier molecular flexibility index (Phi) is 5.59. The van der Waals surface area contributed by atoms with Crippen molar-refractivity contribution in [1.82, 2.24) is 19.7 Å². The van der Waals surface area contributed by atoms with E-state index in [4.69, 9.17) is 16.7 Å². The number of benzene rings is 1. The highest BCUT2D eigenvalue weighted by Gasteiger charge is 2.17. The normalized spacial score (nSPS) is 12.2. The molecule has 29 heavy (non-hydrogen) atoms. The number of hydrogen-bond donors (Lipinski definition) is 3. The molecule has 0 aliphatic rings. The minimum absolute atomic E-state index is 0.00164. The first-order valence-corrected chi connectivity index (χ1v) is 10.2. The summed E-state index contributed by atoms with van der Waals surface area (Å²) in [5, 5.41) is 21.9. The summed E-state index contributed by atoms with van der Waals surface area (Å²) in [6, 6.07) is 3.86. The van der Waals surface area contributed by atoms with E-state index in [-0.39, 0.29) is 28.1 Å². The van der Waals surface area contributed by atoms with Gasteiger partial charge in [0.2, 0.25) is 16.0 Å². The average Bonchev–Trinajstić information content (AvgIpc) is 3.03. The Morgan fingerprint density at radius 3 is 2.69 bits per heavy atom. The lowest BCUT2D eigenvalue weighted by Crippen LogP contribution is -2.26. The van der Waals surface area contributed by atoms with Crippen molar-refractivity contribution in [3.63, 3.8) is 0 Å². The Bertz CT molecular complexity index is 1160. The third kappa shape index (κ3) is 5.26. The lowest BCUT2D eigenvalue weighted by Gasteiger charge is -2.16. The van der Waals surface area contributed by atoms with Crippen LogP contribution in [0.3, 0.4) is 0 Å². The summed E-state index contributed by atoms with van der Waals surface area (Å²) in [7, 11) is -3.89. The number of nitrogens with two attached hydrogens (primary N) is 1. The molecular formula is C17H18ClFN6O3S. The summed E-state index contributed by atoms with van der Waals surface area (Å²) >= 11 is 6.09. The Hall–Kier alpha value is -2.60. The smallest absolute Gasteiger partial charge is 0.238 e. The van der Waals surface area contributed by atoms with Crippen molar-refractivity contribution in [2.45, 2.75) is 30.9 Å². The molecule has 0 atom stereocenters. The fourth-order valence-electron chi connectivity index (χ4n) is 2.49. The lowest BCUT2D eigenvalue weighted by atomic mass is 10.1.